The molecule has 2 rings (SSSR count). The van der Waals surface area contributed by atoms with Crippen LogP contribution in [0.5, 0.6) is 5.75 Å². The molecule has 0 saturated heterocycles. The summed E-state index contributed by atoms with van der Waals surface area (Å²) < 4.78 is 5.61. The average molecular weight is 338 g/mol. The molecule has 3 nitrogen and oxygen atoms in total. The van der Waals surface area contributed by atoms with E-state index in [-0.39, 0.29) is 5.91 Å². The number of hydrogen-bond acceptors (Lipinski definition) is 2. The largest absolute Gasteiger partial charge is 0.493 e. The number of aryl methyl sites for hydroxylation is 1. The number of anilines is 1. The van der Waals surface area contributed by atoms with Crippen LogP contribution in [0, 0.1) is 6.92 Å². The number of carbonyl (C=O) groups is 1. The third-order valence-electron chi connectivity index (χ3n) is 3.10. The summed E-state index contributed by atoms with van der Waals surface area (Å²) in [4.78, 5) is 12.5. The SMILES string of the molecule is CCCOc1ccc(Cl)cc1C(=O)Nc1cc(Cl)ccc1C. The fourth-order valence-corrected chi connectivity index (χ4v) is 2.28. The van der Waals surface area contributed by atoms with Gasteiger partial charge in [-0.1, -0.05) is 36.2 Å². The molecule has 0 radical (unpaired) electrons. The second kappa shape index (κ2) is 7.52. The van der Waals surface area contributed by atoms with E-state index in [4.69, 9.17) is 27.9 Å². The van der Waals surface area contributed by atoms with Gasteiger partial charge in [0, 0.05) is 15.7 Å². The molecular formula is C17H17Cl2NO2. The topological polar surface area (TPSA) is 38.3 Å². The van der Waals surface area contributed by atoms with Crippen LogP contribution >= 0.6 is 23.2 Å². The summed E-state index contributed by atoms with van der Waals surface area (Å²) in [7, 11) is 0. The quantitative estimate of drug-likeness (QED) is 0.799. The number of ether oxygens (including phenoxy) is 1. The lowest BCUT2D eigenvalue weighted by atomic mass is 10.1. The number of amides is 1. The first-order valence-corrected chi connectivity index (χ1v) is 7.76. The van der Waals surface area contributed by atoms with Gasteiger partial charge in [-0.05, 0) is 49.2 Å². The van der Waals surface area contributed by atoms with Crippen molar-refractivity contribution in [3.8, 4) is 5.75 Å². The van der Waals surface area contributed by atoms with Crippen LogP contribution in [-0.4, -0.2) is 12.5 Å². The minimum absolute atomic E-state index is 0.279. The van der Waals surface area contributed by atoms with Gasteiger partial charge in [0.25, 0.3) is 5.91 Å². The molecular weight excluding hydrogens is 321 g/mol. The van der Waals surface area contributed by atoms with Crippen LogP contribution in [0.25, 0.3) is 0 Å². The van der Waals surface area contributed by atoms with Gasteiger partial charge >= 0.3 is 0 Å². The molecule has 5 heteroatoms. The van der Waals surface area contributed by atoms with Crippen molar-refractivity contribution in [2.75, 3.05) is 11.9 Å². The second-order valence-electron chi connectivity index (χ2n) is 4.90. The van der Waals surface area contributed by atoms with Gasteiger partial charge < -0.3 is 10.1 Å². The molecule has 0 aromatic heterocycles. The van der Waals surface area contributed by atoms with Crippen molar-refractivity contribution in [1.82, 2.24) is 0 Å². The third-order valence-corrected chi connectivity index (χ3v) is 3.57. The Morgan fingerprint density at radius 1 is 1.14 bits per heavy atom. The Kier molecular flexibility index (Phi) is 5.69. The molecule has 22 heavy (non-hydrogen) atoms. The molecule has 0 saturated carbocycles. The van der Waals surface area contributed by atoms with Crippen molar-refractivity contribution < 1.29 is 9.53 Å². The van der Waals surface area contributed by atoms with Gasteiger partial charge in [-0.3, -0.25) is 4.79 Å². The molecule has 0 aliphatic carbocycles. The van der Waals surface area contributed by atoms with Crippen LogP contribution in [0.1, 0.15) is 29.3 Å². The normalized spacial score (nSPS) is 10.4. The van der Waals surface area contributed by atoms with Gasteiger partial charge in [-0.15, -0.1) is 0 Å². The minimum atomic E-state index is -0.279. The van der Waals surface area contributed by atoms with Crippen molar-refractivity contribution in [2.24, 2.45) is 0 Å². The third kappa shape index (κ3) is 4.15. The number of halogens is 2. The predicted octanol–water partition coefficient (Wildman–Crippen LogP) is 5.34. The first-order valence-electron chi connectivity index (χ1n) is 7.01. The summed E-state index contributed by atoms with van der Waals surface area (Å²) in [5.41, 5.74) is 2.00. The Morgan fingerprint density at radius 3 is 2.55 bits per heavy atom. The summed E-state index contributed by atoms with van der Waals surface area (Å²) in [5, 5.41) is 3.90. The van der Waals surface area contributed by atoms with E-state index in [0.717, 1.165) is 12.0 Å². The van der Waals surface area contributed by atoms with Crippen LogP contribution in [-0.2, 0) is 0 Å². The van der Waals surface area contributed by atoms with Crippen molar-refractivity contribution in [3.63, 3.8) is 0 Å². The molecule has 0 atom stereocenters. The zero-order valence-corrected chi connectivity index (χ0v) is 14.0. The fourth-order valence-electron chi connectivity index (χ4n) is 1.94. The fraction of sp³-hybridized carbons (Fsp3) is 0.235. The lowest BCUT2D eigenvalue weighted by molar-refractivity contribution is 0.102. The van der Waals surface area contributed by atoms with Crippen LogP contribution in [0.2, 0.25) is 10.0 Å². The maximum absolute atomic E-state index is 12.5. The Morgan fingerprint density at radius 2 is 1.82 bits per heavy atom. The van der Waals surface area contributed by atoms with Gasteiger partial charge in [-0.25, -0.2) is 0 Å². The number of rotatable bonds is 5. The lowest BCUT2D eigenvalue weighted by Gasteiger charge is -2.13. The van der Waals surface area contributed by atoms with Crippen molar-refractivity contribution >= 4 is 34.8 Å². The molecule has 2 aromatic carbocycles. The molecule has 0 heterocycles. The summed E-state index contributed by atoms with van der Waals surface area (Å²) in [5.74, 6) is 0.238. The van der Waals surface area contributed by atoms with E-state index in [0.29, 0.717) is 33.7 Å². The highest BCUT2D eigenvalue weighted by molar-refractivity contribution is 6.31. The summed E-state index contributed by atoms with van der Waals surface area (Å²) >= 11 is 12.0. The zero-order chi connectivity index (χ0) is 16.1. The Hall–Kier alpha value is -1.71. The Balaban J connectivity index is 2.28. The summed E-state index contributed by atoms with van der Waals surface area (Å²) in [6.07, 6.45) is 0.858. The average Bonchev–Trinajstić information content (AvgIpc) is 2.49. The predicted molar refractivity (Wildman–Crippen MR) is 91.4 cm³/mol. The van der Waals surface area contributed by atoms with Crippen molar-refractivity contribution in [3.05, 3.63) is 57.6 Å². The Labute approximate surface area is 140 Å². The highest BCUT2D eigenvalue weighted by Crippen LogP contribution is 2.26. The molecule has 2 aromatic rings. The maximum Gasteiger partial charge on any atom is 0.259 e. The van der Waals surface area contributed by atoms with Crippen LogP contribution in [0.3, 0.4) is 0 Å². The number of nitrogens with one attached hydrogen (secondary N) is 1. The standard InChI is InChI=1S/C17H17Cl2NO2/c1-3-8-22-16-7-6-12(18)9-14(16)17(21)20-15-10-13(19)5-4-11(15)2/h4-7,9-10H,3,8H2,1-2H3,(H,20,21). The molecule has 1 amide bonds. The van der Waals surface area contributed by atoms with Crippen molar-refractivity contribution in [1.29, 1.82) is 0 Å². The molecule has 0 aliphatic rings. The van der Waals surface area contributed by atoms with Gasteiger partial charge in [0.15, 0.2) is 0 Å². The van der Waals surface area contributed by atoms with E-state index in [1.165, 1.54) is 0 Å². The summed E-state index contributed by atoms with van der Waals surface area (Å²) in [6.45, 7) is 4.45. The molecule has 0 unspecified atom stereocenters. The molecule has 116 valence electrons. The number of carbonyl (C=O) groups excluding carboxylic acids is 1. The van der Waals surface area contributed by atoms with E-state index in [1.807, 2.05) is 19.9 Å². The zero-order valence-electron chi connectivity index (χ0n) is 12.5. The van der Waals surface area contributed by atoms with Gasteiger partial charge in [0.2, 0.25) is 0 Å². The van der Waals surface area contributed by atoms with E-state index in [9.17, 15) is 4.79 Å². The molecule has 0 fully saturated rings. The van der Waals surface area contributed by atoms with Crippen LogP contribution in [0.4, 0.5) is 5.69 Å². The Bertz CT molecular complexity index is 686. The molecule has 1 N–H and O–H groups in total. The van der Waals surface area contributed by atoms with Crippen LogP contribution < -0.4 is 10.1 Å². The smallest absolute Gasteiger partial charge is 0.259 e. The first kappa shape index (κ1) is 16.7. The van der Waals surface area contributed by atoms with E-state index >= 15 is 0 Å². The molecule has 0 aliphatic heterocycles. The number of hydrogen-bond donors (Lipinski definition) is 1. The first-order chi connectivity index (χ1) is 10.5. The van der Waals surface area contributed by atoms with Gasteiger partial charge in [0.05, 0.1) is 12.2 Å². The maximum atomic E-state index is 12.5. The van der Waals surface area contributed by atoms with Crippen molar-refractivity contribution in [2.45, 2.75) is 20.3 Å². The second-order valence-corrected chi connectivity index (χ2v) is 5.78. The molecule has 0 bridgehead atoms. The lowest BCUT2D eigenvalue weighted by Crippen LogP contribution is -2.14. The molecule has 0 spiro atoms. The minimum Gasteiger partial charge on any atom is -0.493 e. The number of benzene rings is 2. The van der Waals surface area contributed by atoms with Gasteiger partial charge in [0.1, 0.15) is 5.75 Å². The van der Waals surface area contributed by atoms with Gasteiger partial charge in [-0.2, -0.15) is 0 Å². The highest BCUT2D eigenvalue weighted by atomic mass is 35.5. The van der Waals surface area contributed by atoms with E-state index < -0.39 is 0 Å². The highest BCUT2D eigenvalue weighted by Gasteiger charge is 2.14. The monoisotopic (exact) mass is 337 g/mol. The van der Waals surface area contributed by atoms with E-state index in [1.54, 1.807) is 30.3 Å². The summed E-state index contributed by atoms with van der Waals surface area (Å²) in [6, 6.07) is 10.4. The van der Waals surface area contributed by atoms with E-state index in [2.05, 4.69) is 5.32 Å². The van der Waals surface area contributed by atoms with Crippen LogP contribution in [0.15, 0.2) is 36.4 Å².